The van der Waals surface area contributed by atoms with Gasteiger partial charge in [0.05, 0.1) is 23.1 Å². The van der Waals surface area contributed by atoms with Gasteiger partial charge in [-0.25, -0.2) is 19.6 Å². The van der Waals surface area contributed by atoms with Crippen LogP contribution in [0, 0.1) is 11.3 Å². The summed E-state index contributed by atoms with van der Waals surface area (Å²) in [6.07, 6.45) is 8.05. The maximum absolute atomic E-state index is 12.8. The third-order valence-electron chi connectivity index (χ3n) is 6.85. The Morgan fingerprint density at radius 3 is 2.76 bits per heavy atom. The van der Waals surface area contributed by atoms with E-state index in [1.807, 2.05) is 40.7 Å². The fourth-order valence-electron chi connectivity index (χ4n) is 4.81. The van der Waals surface area contributed by atoms with Crippen molar-refractivity contribution in [3.63, 3.8) is 0 Å². The molecule has 12 nitrogen and oxygen atoms in total. The van der Waals surface area contributed by atoms with E-state index in [2.05, 4.69) is 20.3 Å². The fraction of sp³-hybridized carbons (Fsp3) is 0.276. The third kappa shape index (κ3) is 6.05. The Balaban J connectivity index is 1.40. The summed E-state index contributed by atoms with van der Waals surface area (Å²) in [5.74, 6) is 0.215. The number of aromatic nitrogens is 5. The number of hydrogen-bond acceptors (Lipinski definition) is 9. The lowest BCUT2D eigenvalue weighted by atomic mass is 10.1. The number of carbonyl (C=O) groups excluding carboxylic acids is 2. The number of benzene rings is 1. The van der Waals surface area contributed by atoms with E-state index in [0.29, 0.717) is 59.1 Å². The van der Waals surface area contributed by atoms with E-state index >= 15 is 0 Å². The second-order valence-corrected chi connectivity index (χ2v) is 10.1. The molecule has 0 radical (unpaired) electrons. The minimum Gasteiger partial charge on any atom is -0.383 e. The van der Waals surface area contributed by atoms with E-state index in [9.17, 15) is 9.59 Å². The van der Waals surface area contributed by atoms with Crippen LogP contribution in [0.15, 0.2) is 61.1 Å². The molecule has 0 bridgehead atoms. The topological polar surface area (TPSA) is 159 Å². The molecule has 0 unspecified atom stereocenters. The summed E-state index contributed by atoms with van der Waals surface area (Å²) in [6.45, 7) is 1.88. The molecule has 208 valence electrons. The average molecular weight is 551 g/mol. The Hall–Kier alpha value is -5.15. The number of nitrogen functional groups attached to an aromatic ring is 1. The Morgan fingerprint density at radius 2 is 2.00 bits per heavy atom. The molecule has 0 aliphatic carbocycles. The predicted octanol–water partition coefficient (Wildman–Crippen LogP) is 2.88. The number of fused-ring (bicyclic) bond motifs is 1. The molecule has 3 N–H and O–H groups in total. The van der Waals surface area contributed by atoms with Gasteiger partial charge in [-0.05, 0) is 51.2 Å². The summed E-state index contributed by atoms with van der Waals surface area (Å²) in [6, 6.07) is 12.0. The number of nitrogens with zero attached hydrogens (tertiary/aromatic N) is 8. The van der Waals surface area contributed by atoms with E-state index in [1.165, 1.54) is 18.6 Å². The highest BCUT2D eigenvalue weighted by molar-refractivity contribution is 6.04. The molecule has 0 spiro atoms. The first-order chi connectivity index (χ1) is 19.8. The lowest BCUT2D eigenvalue weighted by molar-refractivity contribution is -0.127. The van der Waals surface area contributed by atoms with Crippen LogP contribution in [0.5, 0.6) is 0 Å². The van der Waals surface area contributed by atoms with Gasteiger partial charge >= 0.3 is 0 Å². The highest BCUT2D eigenvalue weighted by Gasteiger charge is 2.28. The molecular weight excluding hydrogens is 520 g/mol. The third-order valence-corrected chi connectivity index (χ3v) is 6.85. The Labute approximate surface area is 237 Å². The lowest BCUT2D eigenvalue weighted by Gasteiger charge is -2.32. The number of likely N-dealkylation sites (N-methyl/N-ethyl adjacent to an activating group) is 1. The first-order valence-electron chi connectivity index (χ1n) is 13.2. The number of carbonyl (C=O) groups is 2. The highest BCUT2D eigenvalue weighted by Crippen LogP contribution is 2.34. The molecule has 1 atom stereocenters. The van der Waals surface area contributed by atoms with Gasteiger partial charge in [0.2, 0.25) is 5.91 Å². The number of nitrogens with two attached hydrogens (primary N) is 1. The molecule has 1 fully saturated rings. The number of pyridine rings is 1. The van der Waals surface area contributed by atoms with Crippen molar-refractivity contribution in [1.29, 1.82) is 5.26 Å². The Kier molecular flexibility index (Phi) is 7.98. The number of nitriles is 1. The molecule has 12 heteroatoms. The van der Waals surface area contributed by atoms with Crippen LogP contribution in [0.25, 0.3) is 22.3 Å². The molecular formula is C29H30N10O2. The number of likely N-dealkylation sites (tertiary alicyclic amines) is 1. The van der Waals surface area contributed by atoms with Crippen molar-refractivity contribution < 1.29 is 9.59 Å². The normalized spacial score (nSPS) is 15.4. The molecule has 41 heavy (non-hydrogen) atoms. The van der Waals surface area contributed by atoms with Crippen molar-refractivity contribution >= 4 is 34.5 Å². The summed E-state index contributed by atoms with van der Waals surface area (Å²) in [5.41, 5.74) is 9.06. The van der Waals surface area contributed by atoms with E-state index in [1.54, 1.807) is 36.4 Å². The summed E-state index contributed by atoms with van der Waals surface area (Å²) in [7, 11) is 3.91. The van der Waals surface area contributed by atoms with Crippen molar-refractivity contribution in [3.05, 3.63) is 72.2 Å². The van der Waals surface area contributed by atoms with Crippen LogP contribution in [-0.4, -0.2) is 80.1 Å². The van der Waals surface area contributed by atoms with Gasteiger partial charge in [-0.3, -0.25) is 9.59 Å². The van der Waals surface area contributed by atoms with Crippen LogP contribution < -0.4 is 11.1 Å². The van der Waals surface area contributed by atoms with Crippen LogP contribution in [-0.2, 0) is 4.79 Å². The smallest absolute Gasteiger partial charge is 0.256 e. The van der Waals surface area contributed by atoms with Crippen molar-refractivity contribution in [2.24, 2.45) is 0 Å². The molecule has 4 heterocycles. The number of anilines is 2. The van der Waals surface area contributed by atoms with Gasteiger partial charge < -0.3 is 20.9 Å². The molecule has 0 saturated carbocycles. The molecule has 5 rings (SSSR count). The molecule has 1 saturated heterocycles. The number of piperidine rings is 1. The maximum Gasteiger partial charge on any atom is 0.256 e. The zero-order chi connectivity index (χ0) is 28.9. The molecule has 2 amide bonds. The quantitative estimate of drug-likeness (QED) is 0.330. The molecule has 4 aromatic rings. The predicted molar refractivity (Wildman–Crippen MR) is 155 cm³/mol. The van der Waals surface area contributed by atoms with Crippen molar-refractivity contribution in [2.75, 3.05) is 44.8 Å². The van der Waals surface area contributed by atoms with Crippen LogP contribution >= 0.6 is 0 Å². The Bertz CT molecular complexity index is 1650. The van der Waals surface area contributed by atoms with Gasteiger partial charge in [-0.1, -0.05) is 18.2 Å². The SMILES string of the molecule is CN(C)C/C=C/C(=O)N1CCC[C@@H](n2nc(-c3ccc(C(=O)Nc4cc(C#N)ccn4)cc3)c3c(N)ncnc32)C1. The highest BCUT2D eigenvalue weighted by atomic mass is 16.2. The summed E-state index contributed by atoms with van der Waals surface area (Å²) in [4.78, 5) is 42.2. The minimum absolute atomic E-state index is 0.0224. The maximum atomic E-state index is 12.8. The van der Waals surface area contributed by atoms with E-state index in [-0.39, 0.29) is 17.9 Å². The van der Waals surface area contributed by atoms with Gasteiger partial charge in [0, 0.05) is 43.0 Å². The second-order valence-electron chi connectivity index (χ2n) is 10.1. The summed E-state index contributed by atoms with van der Waals surface area (Å²) < 4.78 is 1.85. The first kappa shape index (κ1) is 27.4. The van der Waals surface area contributed by atoms with E-state index in [0.717, 1.165) is 18.4 Å². The lowest BCUT2D eigenvalue weighted by Crippen LogP contribution is -2.40. The standard InChI is InChI=1S/C29H30N10O2/c1-37(2)13-4-6-24(40)38-14-3-5-22(17-38)39-28-25(27(31)33-18-34-28)26(36-39)20-7-9-21(10-8-20)29(41)35-23-15-19(16-30)11-12-32-23/h4,6-12,15,18,22H,3,5,13-14,17H2,1-2H3,(H2,31,33,34)(H,32,35,41)/b6-4+/t22-/m1/s1. The number of nitrogens with one attached hydrogen (secondary N) is 1. The molecule has 1 aliphatic heterocycles. The van der Waals surface area contributed by atoms with Crippen molar-refractivity contribution in [3.8, 4) is 17.3 Å². The van der Waals surface area contributed by atoms with Gasteiger partial charge in [0.1, 0.15) is 23.7 Å². The van der Waals surface area contributed by atoms with Crippen molar-refractivity contribution in [1.82, 2.24) is 34.5 Å². The second kappa shape index (κ2) is 11.9. The first-order valence-corrected chi connectivity index (χ1v) is 13.2. The zero-order valence-electron chi connectivity index (χ0n) is 22.9. The van der Waals surface area contributed by atoms with Crippen LogP contribution in [0.4, 0.5) is 11.6 Å². The average Bonchev–Trinajstić information content (AvgIpc) is 3.38. The van der Waals surface area contributed by atoms with Gasteiger partial charge in [-0.2, -0.15) is 10.4 Å². The summed E-state index contributed by atoms with van der Waals surface area (Å²) >= 11 is 0. The van der Waals surface area contributed by atoms with E-state index in [4.69, 9.17) is 16.1 Å². The van der Waals surface area contributed by atoms with E-state index < -0.39 is 0 Å². The van der Waals surface area contributed by atoms with Crippen molar-refractivity contribution in [2.45, 2.75) is 18.9 Å². The van der Waals surface area contributed by atoms with Crippen LogP contribution in [0.3, 0.4) is 0 Å². The monoisotopic (exact) mass is 550 g/mol. The largest absolute Gasteiger partial charge is 0.383 e. The summed E-state index contributed by atoms with van der Waals surface area (Å²) in [5, 5.41) is 17.3. The van der Waals surface area contributed by atoms with Gasteiger partial charge in [0.15, 0.2) is 5.65 Å². The fourth-order valence-corrected chi connectivity index (χ4v) is 4.81. The zero-order valence-corrected chi connectivity index (χ0v) is 22.9. The minimum atomic E-state index is -0.357. The van der Waals surface area contributed by atoms with Gasteiger partial charge in [-0.15, -0.1) is 0 Å². The van der Waals surface area contributed by atoms with Crippen LogP contribution in [0.2, 0.25) is 0 Å². The number of amides is 2. The number of rotatable bonds is 7. The molecule has 1 aromatic carbocycles. The number of hydrogen-bond donors (Lipinski definition) is 2. The van der Waals surface area contributed by atoms with Gasteiger partial charge in [0.25, 0.3) is 5.91 Å². The molecule has 3 aromatic heterocycles. The van der Waals surface area contributed by atoms with Crippen LogP contribution in [0.1, 0.15) is 34.8 Å². The molecule has 1 aliphatic rings. The Morgan fingerprint density at radius 1 is 1.20 bits per heavy atom.